The Bertz CT molecular complexity index is 1190. The summed E-state index contributed by atoms with van der Waals surface area (Å²) in [5.74, 6) is 1.12. The highest BCUT2D eigenvalue weighted by Gasteiger charge is 2.27. The van der Waals surface area contributed by atoms with Crippen LogP contribution in [0, 0.1) is 6.92 Å². The number of benzene rings is 2. The number of fused-ring (bicyclic) bond motifs is 1. The van der Waals surface area contributed by atoms with E-state index in [0.29, 0.717) is 12.2 Å². The summed E-state index contributed by atoms with van der Waals surface area (Å²) in [7, 11) is 0. The third-order valence-electron chi connectivity index (χ3n) is 5.47. The van der Waals surface area contributed by atoms with Gasteiger partial charge in [0.05, 0.1) is 5.25 Å². The van der Waals surface area contributed by atoms with Crippen molar-refractivity contribution >= 4 is 28.4 Å². The SMILES string of the molecule is Cc1cccc(-n2c(S[C@H]3CCCCC3=O)nnc2-c2c[nH]c3ccccc23)c1. The lowest BCUT2D eigenvalue weighted by Gasteiger charge is -2.20. The van der Waals surface area contributed by atoms with Gasteiger partial charge in [-0.2, -0.15) is 0 Å². The van der Waals surface area contributed by atoms with Gasteiger partial charge in [0, 0.05) is 34.8 Å². The highest BCUT2D eigenvalue weighted by Crippen LogP contribution is 2.36. The van der Waals surface area contributed by atoms with Crippen molar-refractivity contribution in [2.45, 2.75) is 43.0 Å². The molecule has 1 fully saturated rings. The largest absolute Gasteiger partial charge is 0.360 e. The molecule has 4 aromatic rings. The van der Waals surface area contributed by atoms with Crippen LogP contribution < -0.4 is 0 Å². The number of hydrogen-bond donors (Lipinski definition) is 1. The summed E-state index contributed by atoms with van der Waals surface area (Å²) >= 11 is 1.55. The first-order valence-electron chi connectivity index (χ1n) is 9.99. The van der Waals surface area contributed by atoms with Gasteiger partial charge in [-0.3, -0.25) is 9.36 Å². The van der Waals surface area contributed by atoms with E-state index in [1.54, 1.807) is 11.8 Å². The minimum Gasteiger partial charge on any atom is -0.360 e. The van der Waals surface area contributed by atoms with E-state index in [4.69, 9.17) is 0 Å². The lowest BCUT2D eigenvalue weighted by Crippen LogP contribution is -2.21. The van der Waals surface area contributed by atoms with Crippen LogP contribution in [0.3, 0.4) is 0 Å². The normalized spacial score (nSPS) is 17.1. The van der Waals surface area contributed by atoms with Crippen LogP contribution in [0.5, 0.6) is 0 Å². The molecule has 0 bridgehead atoms. The molecule has 2 heterocycles. The van der Waals surface area contributed by atoms with Crippen LogP contribution in [-0.4, -0.2) is 30.8 Å². The van der Waals surface area contributed by atoms with Gasteiger partial charge >= 0.3 is 0 Å². The molecular formula is C23H22N4OS. The molecular weight excluding hydrogens is 380 g/mol. The summed E-state index contributed by atoms with van der Waals surface area (Å²) in [4.78, 5) is 15.8. The standard InChI is InChI=1S/C23H22N4OS/c1-15-7-6-8-16(13-15)27-22(18-14-24-19-10-3-2-9-17(18)19)25-26-23(27)29-21-12-5-4-11-20(21)28/h2-3,6-10,13-14,21,24H,4-5,11-12H2,1H3/t21-/m0/s1. The average molecular weight is 403 g/mol. The van der Waals surface area contributed by atoms with Gasteiger partial charge < -0.3 is 4.98 Å². The summed E-state index contributed by atoms with van der Waals surface area (Å²) in [6.45, 7) is 2.08. The molecule has 0 saturated heterocycles. The van der Waals surface area contributed by atoms with E-state index in [-0.39, 0.29) is 5.25 Å². The fourth-order valence-corrected chi connectivity index (χ4v) is 5.15. The van der Waals surface area contributed by atoms with E-state index in [9.17, 15) is 4.79 Å². The van der Waals surface area contributed by atoms with E-state index in [1.165, 1.54) is 5.56 Å². The molecule has 6 heteroatoms. The van der Waals surface area contributed by atoms with Crippen molar-refractivity contribution < 1.29 is 4.79 Å². The number of aromatic nitrogens is 4. The molecule has 146 valence electrons. The number of H-pyrrole nitrogens is 1. The second kappa shape index (κ2) is 7.52. The molecule has 1 aliphatic rings. The number of carbonyl (C=O) groups is 1. The number of carbonyl (C=O) groups excluding carboxylic acids is 1. The Kier molecular flexibility index (Phi) is 4.72. The van der Waals surface area contributed by atoms with E-state index in [1.807, 2.05) is 24.4 Å². The van der Waals surface area contributed by atoms with Crippen molar-refractivity contribution in [3.05, 3.63) is 60.3 Å². The second-order valence-corrected chi connectivity index (χ2v) is 8.72. The zero-order valence-corrected chi connectivity index (χ0v) is 17.1. The van der Waals surface area contributed by atoms with Crippen molar-refractivity contribution in [1.29, 1.82) is 0 Å². The molecule has 2 aromatic heterocycles. The molecule has 0 radical (unpaired) electrons. The van der Waals surface area contributed by atoms with Crippen molar-refractivity contribution in [1.82, 2.24) is 19.7 Å². The summed E-state index contributed by atoms with van der Waals surface area (Å²) in [6, 6.07) is 16.5. The van der Waals surface area contributed by atoms with E-state index < -0.39 is 0 Å². The van der Waals surface area contributed by atoms with E-state index >= 15 is 0 Å². The third-order valence-corrected chi connectivity index (χ3v) is 6.73. The quantitative estimate of drug-likeness (QED) is 0.501. The van der Waals surface area contributed by atoms with Crippen molar-refractivity contribution in [3.63, 3.8) is 0 Å². The summed E-state index contributed by atoms with van der Waals surface area (Å²) in [5, 5.41) is 10.9. The first-order valence-corrected chi connectivity index (χ1v) is 10.9. The molecule has 2 aromatic carbocycles. The Morgan fingerprint density at radius 1 is 1.10 bits per heavy atom. The Balaban J connectivity index is 1.65. The molecule has 0 aliphatic heterocycles. The fourth-order valence-electron chi connectivity index (χ4n) is 3.98. The molecule has 1 aliphatic carbocycles. The number of para-hydroxylation sites is 1. The van der Waals surface area contributed by atoms with E-state index in [0.717, 1.165) is 52.4 Å². The number of aryl methyl sites for hydroxylation is 1. The maximum Gasteiger partial charge on any atom is 0.196 e. The Hall–Kier alpha value is -2.86. The van der Waals surface area contributed by atoms with E-state index in [2.05, 4.69) is 57.0 Å². The number of ketones is 1. The predicted molar refractivity (Wildman–Crippen MR) is 117 cm³/mol. The van der Waals surface area contributed by atoms with Crippen molar-refractivity contribution in [2.24, 2.45) is 0 Å². The van der Waals surface area contributed by atoms with Gasteiger partial charge in [0.1, 0.15) is 5.78 Å². The minimum absolute atomic E-state index is 0.0349. The lowest BCUT2D eigenvalue weighted by molar-refractivity contribution is -0.119. The smallest absolute Gasteiger partial charge is 0.196 e. The second-order valence-electron chi connectivity index (χ2n) is 7.55. The monoisotopic (exact) mass is 402 g/mol. The zero-order chi connectivity index (χ0) is 19.8. The third kappa shape index (κ3) is 3.38. The van der Waals surface area contributed by atoms with Gasteiger partial charge in [-0.05, 0) is 43.5 Å². The van der Waals surface area contributed by atoms with Gasteiger partial charge in [-0.25, -0.2) is 0 Å². The van der Waals surface area contributed by atoms with Crippen LogP contribution >= 0.6 is 11.8 Å². The molecule has 29 heavy (non-hydrogen) atoms. The van der Waals surface area contributed by atoms with Crippen LogP contribution in [0.4, 0.5) is 0 Å². The Morgan fingerprint density at radius 3 is 2.86 bits per heavy atom. The van der Waals surface area contributed by atoms with Crippen LogP contribution in [0.25, 0.3) is 28.0 Å². The highest BCUT2D eigenvalue weighted by atomic mass is 32.2. The maximum atomic E-state index is 12.4. The fraction of sp³-hybridized carbons (Fsp3) is 0.261. The van der Waals surface area contributed by atoms with Crippen molar-refractivity contribution in [2.75, 3.05) is 0 Å². The molecule has 0 amide bonds. The number of nitrogens with one attached hydrogen (secondary N) is 1. The highest BCUT2D eigenvalue weighted by molar-refractivity contribution is 8.00. The number of thioether (sulfide) groups is 1. The molecule has 1 atom stereocenters. The minimum atomic E-state index is -0.0349. The first kappa shape index (κ1) is 18.2. The van der Waals surface area contributed by atoms with Gasteiger partial charge in [0.25, 0.3) is 0 Å². The number of aromatic amines is 1. The summed E-state index contributed by atoms with van der Waals surface area (Å²) in [5.41, 5.74) is 4.26. The first-order chi connectivity index (χ1) is 14.2. The number of hydrogen-bond acceptors (Lipinski definition) is 4. The van der Waals surface area contributed by atoms with Crippen molar-refractivity contribution in [3.8, 4) is 17.1 Å². The Morgan fingerprint density at radius 2 is 2.00 bits per heavy atom. The van der Waals surface area contributed by atoms with Gasteiger partial charge in [0.2, 0.25) is 0 Å². The lowest BCUT2D eigenvalue weighted by atomic mass is 9.99. The number of nitrogens with zero attached hydrogens (tertiary/aromatic N) is 3. The molecule has 1 N–H and O–H groups in total. The average Bonchev–Trinajstić information content (AvgIpc) is 3.33. The number of rotatable bonds is 4. The molecule has 0 spiro atoms. The molecule has 1 saturated carbocycles. The number of Topliss-reactive ketones (excluding diaryl/α,β-unsaturated/α-hetero) is 1. The molecule has 0 unspecified atom stereocenters. The van der Waals surface area contributed by atoms with Gasteiger partial charge in [0.15, 0.2) is 11.0 Å². The maximum absolute atomic E-state index is 12.4. The van der Waals surface area contributed by atoms with Crippen LogP contribution in [0.2, 0.25) is 0 Å². The zero-order valence-electron chi connectivity index (χ0n) is 16.3. The van der Waals surface area contributed by atoms with Crippen LogP contribution in [0.15, 0.2) is 59.9 Å². The summed E-state index contributed by atoms with van der Waals surface area (Å²) < 4.78 is 2.09. The topological polar surface area (TPSA) is 63.6 Å². The van der Waals surface area contributed by atoms with Gasteiger partial charge in [-0.15, -0.1) is 10.2 Å². The van der Waals surface area contributed by atoms with Gasteiger partial charge in [-0.1, -0.05) is 48.5 Å². The van der Waals surface area contributed by atoms with Crippen LogP contribution in [0.1, 0.15) is 31.2 Å². The predicted octanol–water partition coefficient (Wildman–Crippen LogP) is 5.33. The van der Waals surface area contributed by atoms with Crippen LogP contribution in [-0.2, 0) is 4.79 Å². The Labute approximate surface area is 173 Å². The summed E-state index contributed by atoms with van der Waals surface area (Å²) in [6.07, 6.45) is 5.66. The molecule has 5 nitrogen and oxygen atoms in total. The molecule has 5 rings (SSSR count).